The van der Waals surface area contributed by atoms with Crippen LogP contribution in [0, 0.1) is 5.92 Å². The Balaban J connectivity index is 2.05. The van der Waals surface area contributed by atoms with Gasteiger partial charge in [-0.05, 0) is 49.0 Å². The molecular formula is C16H18ClNO3. The van der Waals surface area contributed by atoms with Crippen molar-refractivity contribution in [1.82, 2.24) is 5.32 Å². The van der Waals surface area contributed by atoms with Gasteiger partial charge in [0.25, 0.3) is 5.91 Å². The highest BCUT2D eigenvalue weighted by atomic mass is 35.5. The van der Waals surface area contributed by atoms with E-state index in [1.165, 1.54) is 6.08 Å². The number of rotatable bonds is 4. The van der Waals surface area contributed by atoms with Crippen LogP contribution in [0.25, 0.3) is 6.08 Å². The van der Waals surface area contributed by atoms with Gasteiger partial charge in [-0.2, -0.15) is 0 Å². The monoisotopic (exact) mass is 307 g/mol. The summed E-state index contributed by atoms with van der Waals surface area (Å²) in [5.74, 6) is -0.518. The van der Waals surface area contributed by atoms with Gasteiger partial charge in [0.05, 0.1) is 0 Å². The molecular weight excluding hydrogens is 290 g/mol. The Labute approximate surface area is 128 Å². The second-order valence-electron chi connectivity index (χ2n) is 5.50. The third-order valence-corrected chi connectivity index (χ3v) is 4.03. The number of halogens is 1. The second kappa shape index (κ2) is 6.76. The lowest BCUT2D eigenvalue weighted by molar-refractivity contribution is -0.131. The minimum atomic E-state index is -1.04. The van der Waals surface area contributed by atoms with Crippen LogP contribution in [0.4, 0.5) is 0 Å². The molecule has 1 aromatic rings. The van der Waals surface area contributed by atoms with Gasteiger partial charge in [-0.15, -0.1) is 0 Å². The van der Waals surface area contributed by atoms with Gasteiger partial charge in [0.2, 0.25) is 0 Å². The van der Waals surface area contributed by atoms with E-state index in [1.54, 1.807) is 18.2 Å². The van der Waals surface area contributed by atoms with E-state index in [-0.39, 0.29) is 11.9 Å². The van der Waals surface area contributed by atoms with E-state index < -0.39 is 5.97 Å². The number of carboxylic acid groups (broad SMARTS) is 1. The molecule has 0 heterocycles. The molecule has 2 rings (SSSR count). The van der Waals surface area contributed by atoms with Gasteiger partial charge in [-0.25, -0.2) is 4.79 Å². The summed E-state index contributed by atoms with van der Waals surface area (Å²) in [6, 6.07) is 5.10. The number of nitrogens with one attached hydrogen (secondary N) is 1. The maximum Gasteiger partial charge on any atom is 0.328 e. The maximum absolute atomic E-state index is 12.2. The highest BCUT2D eigenvalue weighted by Gasteiger charge is 2.23. The van der Waals surface area contributed by atoms with Crippen molar-refractivity contribution in [2.45, 2.75) is 32.2 Å². The van der Waals surface area contributed by atoms with E-state index in [0.29, 0.717) is 22.1 Å². The molecule has 2 N–H and O–H groups in total. The summed E-state index contributed by atoms with van der Waals surface area (Å²) >= 11 is 6.07. The fourth-order valence-electron chi connectivity index (χ4n) is 2.57. The highest BCUT2D eigenvalue weighted by Crippen LogP contribution is 2.25. The third-order valence-electron chi connectivity index (χ3n) is 3.70. The van der Waals surface area contributed by atoms with Crippen LogP contribution in [0.5, 0.6) is 0 Å². The van der Waals surface area contributed by atoms with Crippen LogP contribution < -0.4 is 5.32 Å². The fourth-order valence-corrected chi connectivity index (χ4v) is 2.82. The zero-order chi connectivity index (χ0) is 15.4. The van der Waals surface area contributed by atoms with Crippen LogP contribution in [-0.2, 0) is 4.79 Å². The zero-order valence-corrected chi connectivity index (χ0v) is 12.6. The minimum absolute atomic E-state index is 0.134. The Morgan fingerprint density at radius 2 is 2.14 bits per heavy atom. The molecule has 1 aliphatic rings. The Morgan fingerprint density at radius 3 is 2.71 bits per heavy atom. The molecule has 0 aliphatic heterocycles. The molecule has 1 aromatic carbocycles. The summed E-state index contributed by atoms with van der Waals surface area (Å²) in [6.07, 6.45) is 5.59. The average molecular weight is 308 g/mol. The van der Waals surface area contributed by atoms with E-state index in [4.69, 9.17) is 16.7 Å². The van der Waals surface area contributed by atoms with E-state index in [1.807, 2.05) is 0 Å². The highest BCUT2D eigenvalue weighted by molar-refractivity contribution is 6.32. The molecule has 0 bridgehead atoms. The summed E-state index contributed by atoms with van der Waals surface area (Å²) in [4.78, 5) is 22.6. The number of carbonyl (C=O) groups excluding carboxylic acids is 1. The van der Waals surface area contributed by atoms with Crippen molar-refractivity contribution in [2.75, 3.05) is 0 Å². The topological polar surface area (TPSA) is 66.4 Å². The van der Waals surface area contributed by atoms with Gasteiger partial charge in [0.1, 0.15) is 0 Å². The van der Waals surface area contributed by atoms with Crippen molar-refractivity contribution in [3.63, 3.8) is 0 Å². The summed E-state index contributed by atoms with van der Waals surface area (Å²) in [6.45, 7) is 2.19. The Morgan fingerprint density at radius 1 is 1.38 bits per heavy atom. The summed E-state index contributed by atoms with van der Waals surface area (Å²) < 4.78 is 0. The Kier molecular flexibility index (Phi) is 5.02. The van der Waals surface area contributed by atoms with Gasteiger partial charge in [0, 0.05) is 22.7 Å². The zero-order valence-electron chi connectivity index (χ0n) is 11.8. The number of benzene rings is 1. The lowest BCUT2D eigenvalue weighted by atomic mass is 10.1. The number of carbonyl (C=O) groups is 2. The van der Waals surface area contributed by atoms with Gasteiger partial charge in [-0.1, -0.05) is 24.6 Å². The van der Waals surface area contributed by atoms with Crippen LogP contribution in [0.1, 0.15) is 42.1 Å². The molecule has 21 heavy (non-hydrogen) atoms. The van der Waals surface area contributed by atoms with Crippen molar-refractivity contribution < 1.29 is 14.7 Å². The number of amides is 1. The summed E-state index contributed by atoms with van der Waals surface area (Å²) in [5.41, 5.74) is 1.07. The first-order valence-corrected chi connectivity index (χ1v) is 7.35. The smallest absolute Gasteiger partial charge is 0.328 e. The van der Waals surface area contributed by atoms with Crippen molar-refractivity contribution >= 4 is 29.6 Å². The Bertz CT molecular complexity index is 583. The van der Waals surface area contributed by atoms with Crippen molar-refractivity contribution in [1.29, 1.82) is 0 Å². The van der Waals surface area contributed by atoms with Crippen LogP contribution in [0.15, 0.2) is 24.3 Å². The van der Waals surface area contributed by atoms with Crippen LogP contribution in [-0.4, -0.2) is 23.0 Å². The molecule has 0 aromatic heterocycles. The van der Waals surface area contributed by atoms with Crippen molar-refractivity contribution in [3.05, 3.63) is 40.4 Å². The van der Waals surface area contributed by atoms with Gasteiger partial charge >= 0.3 is 5.97 Å². The van der Waals surface area contributed by atoms with Crippen LogP contribution >= 0.6 is 11.6 Å². The largest absolute Gasteiger partial charge is 0.478 e. The summed E-state index contributed by atoms with van der Waals surface area (Å²) in [7, 11) is 0. The van der Waals surface area contributed by atoms with E-state index >= 15 is 0 Å². The molecule has 4 nitrogen and oxygen atoms in total. The maximum atomic E-state index is 12.2. The van der Waals surface area contributed by atoms with E-state index in [9.17, 15) is 9.59 Å². The van der Waals surface area contributed by atoms with Crippen molar-refractivity contribution in [3.8, 4) is 0 Å². The minimum Gasteiger partial charge on any atom is -0.478 e. The first-order chi connectivity index (χ1) is 9.95. The number of hydrogen-bond acceptors (Lipinski definition) is 2. The van der Waals surface area contributed by atoms with E-state index in [0.717, 1.165) is 25.3 Å². The molecule has 0 saturated heterocycles. The van der Waals surface area contributed by atoms with Gasteiger partial charge in [0.15, 0.2) is 0 Å². The first-order valence-electron chi connectivity index (χ1n) is 6.97. The fraction of sp³-hybridized carbons (Fsp3) is 0.375. The van der Waals surface area contributed by atoms with Crippen LogP contribution in [0.3, 0.4) is 0 Å². The third kappa shape index (κ3) is 4.33. The number of hydrogen-bond donors (Lipinski definition) is 2. The normalized spacial score (nSPS) is 21.6. The molecule has 1 aliphatic carbocycles. The predicted molar refractivity (Wildman–Crippen MR) is 82.4 cm³/mol. The Hall–Kier alpha value is -1.81. The molecule has 2 unspecified atom stereocenters. The molecule has 0 radical (unpaired) electrons. The van der Waals surface area contributed by atoms with Crippen LogP contribution in [0.2, 0.25) is 5.02 Å². The predicted octanol–water partition coefficient (Wildman–Crippen LogP) is 3.36. The molecule has 0 spiro atoms. The molecule has 112 valence electrons. The average Bonchev–Trinajstić information content (AvgIpc) is 2.82. The molecule has 5 heteroatoms. The van der Waals surface area contributed by atoms with Gasteiger partial charge in [-0.3, -0.25) is 4.79 Å². The number of carboxylic acids is 1. The van der Waals surface area contributed by atoms with Gasteiger partial charge < -0.3 is 10.4 Å². The molecule has 1 saturated carbocycles. The lowest BCUT2D eigenvalue weighted by Gasteiger charge is -2.13. The lowest BCUT2D eigenvalue weighted by Crippen LogP contribution is -2.32. The molecule has 2 atom stereocenters. The van der Waals surface area contributed by atoms with Crippen molar-refractivity contribution in [2.24, 2.45) is 5.92 Å². The van der Waals surface area contributed by atoms with E-state index in [2.05, 4.69) is 12.2 Å². The SMILES string of the molecule is CC1CCC(NC(=O)c2ccc(/C=C/C(=O)O)c(Cl)c2)C1. The standard InChI is InChI=1S/C16H18ClNO3/c1-10-2-6-13(8-10)18-16(21)12-4-3-11(14(17)9-12)5-7-15(19)20/h3-5,7,9-10,13H,2,6,8H2,1H3,(H,18,21)(H,19,20)/b7-5+. The number of aliphatic carboxylic acids is 1. The molecule has 1 fully saturated rings. The second-order valence-corrected chi connectivity index (χ2v) is 5.90. The quantitative estimate of drug-likeness (QED) is 0.838. The summed E-state index contributed by atoms with van der Waals surface area (Å²) in [5, 5.41) is 12.0. The molecule has 1 amide bonds. The first kappa shape index (κ1) is 15.6.